The van der Waals surface area contributed by atoms with E-state index in [1.54, 1.807) is 11.8 Å². The molecule has 0 spiro atoms. The van der Waals surface area contributed by atoms with E-state index < -0.39 is 0 Å². The van der Waals surface area contributed by atoms with Gasteiger partial charge in [0, 0.05) is 28.4 Å². The van der Waals surface area contributed by atoms with Gasteiger partial charge in [-0.15, -0.1) is 11.8 Å². The maximum Gasteiger partial charge on any atom is 0.224 e. The topological polar surface area (TPSA) is 55.1 Å². The van der Waals surface area contributed by atoms with Crippen molar-refractivity contribution in [3.63, 3.8) is 0 Å². The van der Waals surface area contributed by atoms with Gasteiger partial charge >= 0.3 is 0 Å². The molecule has 4 heteroatoms. The summed E-state index contributed by atoms with van der Waals surface area (Å²) in [7, 11) is 0. The maximum absolute atomic E-state index is 11.4. The van der Waals surface area contributed by atoms with Crippen LogP contribution in [0.15, 0.2) is 17.0 Å². The van der Waals surface area contributed by atoms with E-state index in [-0.39, 0.29) is 5.91 Å². The van der Waals surface area contributed by atoms with E-state index in [4.69, 9.17) is 5.73 Å². The number of benzene rings is 1. The van der Waals surface area contributed by atoms with Crippen molar-refractivity contribution >= 4 is 29.0 Å². The number of aryl methyl sites for hydroxylation is 1. The summed E-state index contributed by atoms with van der Waals surface area (Å²) in [6, 6.07) is 4.03. The van der Waals surface area contributed by atoms with E-state index >= 15 is 0 Å². The third-order valence-corrected chi connectivity index (χ3v) is 4.75. The summed E-state index contributed by atoms with van der Waals surface area (Å²) in [5, 5.41) is 2.92. The van der Waals surface area contributed by atoms with Crippen molar-refractivity contribution < 1.29 is 4.79 Å². The van der Waals surface area contributed by atoms with Gasteiger partial charge in [0.05, 0.1) is 0 Å². The third-order valence-electron chi connectivity index (χ3n) is 3.35. The van der Waals surface area contributed by atoms with Gasteiger partial charge < -0.3 is 11.1 Å². The second kappa shape index (κ2) is 5.65. The summed E-state index contributed by atoms with van der Waals surface area (Å²) in [4.78, 5) is 12.5. The molecule has 1 aromatic rings. The molecule has 3 nitrogen and oxygen atoms in total. The zero-order valence-electron chi connectivity index (χ0n) is 11.0. The minimum absolute atomic E-state index is 0.102. The minimum atomic E-state index is 0.102. The Morgan fingerprint density at radius 2 is 2.22 bits per heavy atom. The number of hydrogen-bond donors (Lipinski definition) is 2. The van der Waals surface area contributed by atoms with Crippen molar-refractivity contribution in [1.82, 2.24) is 0 Å². The van der Waals surface area contributed by atoms with Crippen LogP contribution in [0.1, 0.15) is 32.3 Å². The molecule has 1 atom stereocenters. The lowest BCUT2D eigenvalue weighted by atomic mass is 10.0. The van der Waals surface area contributed by atoms with Gasteiger partial charge in [-0.25, -0.2) is 0 Å². The highest BCUT2D eigenvalue weighted by Gasteiger charge is 2.17. The van der Waals surface area contributed by atoms with Crippen molar-refractivity contribution in [2.75, 3.05) is 16.8 Å². The number of amides is 1. The fourth-order valence-corrected chi connectivity index (χ4v) is 3.03. The second-order valence-corrected chi connectivity index (χ2v) is 5.98. The smallest absolute Gasteiger partial charge is 0.224 e. The van der Waals surface area contributed by atoms with Gasteiger partial charge in [-0.3, -0.25) is 4.79 Å². The lowest BCUT2D eigenvalue weighted by Gasteiger charge is -2.19. The zero-order valence-corrected chi connectivity index (χ0v) is 11.8. The van der Waals surface area contributed by atoms with Crippen LogP contribution in [0.2, 0.25) is 0 Å². The van der Waals surface area contributed by atoms with Crippen molar-refractivity contribution in [2.24, 2.45) is 5.92 Å². The first-order valence-electron chi connectivity index (χ1n) is 6.45. The van der Waals surface area contributed by atoms with Gasteiger partial charge in [0.15, 0.2) is 0 Å². The number of carbonyl (C=O) groups is 1. The van der Waals surface area contributed by atoms with Crippen molar-refractivity contribution in [2.45, 2.75) is 38.0 Å². The molecule has 3 N–H and O–H groups in total. The largest absolute Gasteiger partial charge is 0.398 e. The molecule has 0 saturated heterocycles. The summed E-state index contributed by atoms with van der Waals surface area (Å²) in [6.45, 7) is 4.44. The van der Waals surface area contributed by atoms with Crippen LogP contribution in [0.4, 0.5) is 11.4 Å². The molecule has 0 bridgehead atoms. The fraction of sp³-hybridized carbons (Fsp3) is 0.500. The van der Waals surface area contributed by atoms with E-state index in [0.29, 0.717) is 12.3 Å². The van der Waals surface area contributed by atoms with Crippen LogP contribution in [-0.4, -0.2) is 11.7 Å². The lowest BCUT2D eigenvalue weighted by molar-refractivity contribution is -0.116. The number of carbonyl (C=O) groups excluding carboxylic acids is 1. The average Bonchev–Trinajstić information content (AvgIpc) is 2.36. The van der Waals surface area contributed by atoms with E-state index in [9.17, 15) is 4.79 Å². The van der Waals surface area contributed by atoms with E-state index in [1.807, 2.05) is 12.1 Å². The van der Waals surface area contributed by atoms with Crippen molar-refractivity contribution in [3.8, 4) is 0 Å². The number of hydrogen-bond acceptors (Lipinski definition) is 3. The third kappa shape index (κ3) is 2.99. The van der Waals surface area contributed by atoms with Gasteiger partial charge in [0.1, 0.15) is 0 Å². The molecule has 1 heterocycles. The van der Waals surface area contributed by atoms with Crippen molar-refractivity contribution in [1.29, 1.82) is 0 Å². The zero-order chi connectivity index (χ0) is 13.1. The summed E-state index contributed by atoms with van der Waals surface area (Å²) in [6.07, 6.45) is 2.53. The Morgan fingerprint density at radius 1 is 1.44 bits per heavy atom. The number of rotatable bonds is 4. The predicted octanol–water partition coefficient (Wildman–Crippen LogP) is 3.29. The van der Waals surface area contributed by atoms with E-state index in [1.165, 1.54) is 6.42 Å². The Hall–Kier alpha value is -1.16. The fourth-order valence-electron chi connectivity index (χ4n) is 1.90. The monoisotopic (exact) mass is 264 g/mol. The highest BCUT2D eigenvalue weighted by atomic mass is 32.2. The normalized spacial score (nSPS) is 16.0. The minimum Gasteiger partial charge on any atom is -0.398 e. The van der Waals surface area contributed by atoms with Crippen molar-refractivity contribution in [3.05, 3.63) is 17.7 Å². The molecule has 0 aromatic heterocycles. The van der Waals surface area contributed by atoms with Crippen LogP contribution >= 0.6 is 11.8 Å². The van der Waals surface area contributed by atoms with Gasteiger partial charge in [-0.2, -0.15) is 0 Å². The molecule has 1 aliphatic rings. The summed E-state index contributed by atoms with van der Waals surface area (Å²) < 4.78 is 0. The molecule has 98 valence electrons. The van der Waals surface area contributed by atoms with E-state index in [2.05, 4.69) is 19.2 Å². The molecule has 0 aliphatic carbocycles. The molecule has 0 saturated carbocycles. The standard InChI is InChI=1S/C14H20N2OS/c1-3-9(2)8-18-13-7-12-10(6-11(13)15)4-5-14(17)16-12/h6-7,9H,3-5,8,15H2,1-2H3,(H,16,17). The molecular formula is C14H20N2OS. The van der Waals surface area contributed by atoms with Gasteiger partial charge in [0.25, 0.3) is 0 Å². The summed E-state index contributed by atoms with van der Waals surface area (Å²) >= 11 is 1.78. The summed E-state index contributed by atoms with van der Waals surface area (Å²) in [5.41, 5.74) is 8.99. The Kier molecular flexibility index (Phi) is 4.17. The van der Waals surface area contributed by atoms with Gasteiger partial charge in [-0.1, -0.05) is 20.3 Å². The number of fused-ring (bicyclic) bond motifs is 1. The molecule has 1 amide bonds. The van der Waals surface area contributed by atoms with Crippen LogP contribution in [0.3, 0.4) is 0 Å². The predicted molar refractivity (Wildman–Crippen MR) is 78.0 cm³/mol. The molecule has 1 aliphatic heterocycles. The number of nitrogens with one attached hydrogen (secondary N) is 1. The lowest BCUT2D eigenvalue weighted by Crippen LogP contribution is -2.19. The number of thioether (sulfide) groups is 1. The Labute approximate surface area is 113 Å². The highest BCUT2D eigenvalue weighted by Crippen LogP contribution is 2.34. The quantitative estimate of drug-likeness (QED) is 0.648. The van der Waals surface area contributed by atoms with Crippen LogP contribution in [0, 0.1) is 5.92 Å². The molecule has 2 rings (SSSR count). The molecule has 1 aromatic carbocycles. The van der Waals surface area contributed by atoms with Crippen LogP contribution < -0.4 is 11.1 Å². The Balaban J connectivity index is 2.16. The van der Waals surface area contributed by atoms with Gasteiger partial charge in [0.2, 0.25) is 5.91 Å². The molecule has 0 fully saturated rings. The SMILES string of the molecule is CCC(C)CSc1cc2c(cc1N)CCC(=O)N2. The molecule has 0 radical (unpaired) electrons. The highest BCUT2D eigenvalue weighted by molar-refractivity contribution is 7.99. The van der Waals surface area contributed by atoms with Crippen LogP contribution in [0.25, 0.3) is 0 Å². The number of nitrogens with two attached hydrogens (primary N) is 1. The van der Waals surface area contributed by atoms with Crippen LogP contribution in [-0.2, 0) is 11.2 Å². The molecule has 1 unspecified atom stereocenters. The first-order valence-corrected chi connectivity index (χ1v) is 7.43. The van der Waals surface area contributed by atoms with Gasteiger partial charge in [-0.05, 0) is 30.0 Å². The second-order valence-electron chi connectivity index (χ2n) is 4.92. The first-order chi connectivity index (χ1) is 8.60. The maximum atomic E-state index is 11.4. The van der Waals surface area contributed by atoms with Crippen LogP contribution in [0.5, 0.6) is 0 Å². The Morgan fingerprint density at radius 3 is 2.94 bits per heavy atom. The Bertz CT molecular complexity index is 459. The number of anilines is 2. The number of nitrogen functional groups attached to an aromatic ring is 1. The summed E-state index contributed by atoms with van der Waals surface area (Å²) in [5.74, 6) is 1.85. The average molecular weight is 264 g/mol. The molecular weight excluding hydrogens is 244 g/mol. The first kappa shape index (κ1) is 13.3. The van der Waals surface area contributed by atoms with E-state index in [0.717, 1.165) is 34.0 Å². The molecule has 18 heavy (non-hydrogen) atoms.